The van der Waals surface area contributed by atoms with E-state index in [2.05, 4.69) is 32.0 Å². The summed E-state index contributed by atoms with van der Waals surface area (Å²) in [7, 11) is -0.944. The number of aromatic nitrogens is 4. The second-order valence-corrected chi connectivity index (χ2v) is 10.6. The van der Waals surface area contributed by atoms with Gasteiger partial charge in [0.25, 0.3) is 11.5 Å². The van der Waals surface area contributed by atoms with Crippen molar-refractivity contribution in [3.8, 4) is 0 Å². The van der Waals surface area contributed by atoms with Crippen molar-refractivity contribution in [3.63, 3.8) is 0 Å². The number of piperidine rings is 1. The number of nitrogens with zero attached hydrogens (tertiary/aromatic N) is 4. The van der Waals surface area contributed by atoms with Crippen LogP contribution < -0.4 is 16.2 Å². The lowest BCUT2D eigenvalue weighted by atomic mass is 10.0. The molecule has 1 atom stereocenters. The van der Waals surface area contributed by atoms with E-state index in [1.807, 2.05) is 16.4 Å². The number of carbonyl (C=O) groups excluding carboxylic acids is 1. The van der Waals surface area contributed by atoms with Crippen molar-refractivity contribution in [2.75, 3.05) is 37.3 Å². The molecule has 4 N–H and O–H groups in total. The normalized spacial score (nSPS) is 17.3. The highest BCUT2D eigenvalue weighted by atomic mass is 32.2. The predicted molar refractivity (Wildman–Crippen MR) is 147 cm³/mol. The van der Waals surface area contributed by atoms with Gasteiger partial charge in [-0.05, 0) is 49.5 Å². The summed E-state index contributed by atoms with van der Waals surface area (Å²) in [6.45, 7) is 3.54. The van der Waals surface area contributed by atoms with Gasteiger partial charge < -0.3 is 25.0 Å². The van der Waals surface area contributed by atoms with Gasteiger partial charge >= 0.3 is 0 Å². The Kier molecular flexibility index (Phi) is 7.24. The lowest BCUT2D eigenvalue weighted by molar-refractivity contribution is 0.100. The maximum atomic E-state index is 11.9. The molecule has 3 aromatic heterocycles. The van der Waals surface area contributed by atoms with Crippen molar-refractivity contribution in [1.82, 2.24) is 23.7 Å². The first kappa shape index (κ1) is 25.0. The molecule has 2 aliphatic rings. The average Bonchev–Trinajstić information content (AvgIpc) is 3.57. The van der Waals surface area contributed by atoms with Gasteiger partial charge in [0.1, 0.15) is 0 Å². The number of H-pyrrole nitrogens is 2. The van der Waals surface area contributed by atoms with E-state index in [-0.39, 0.29) is 5.56 Å². The summed E-state index contributed by atoms with van der Waals surface area (Å²) in [5.41, 5.74) is 10.6. The standard InChI is InChI=1S/C20H26N4O2S.C6H5N3O/c1-27(26)24-11-7-14(8-12-24)17-13-16-18(23-9-3-2-4-10-23)6-5-15(20(21)25)19(16)22-17;10-6-5-7-1-3-9(5)4-2-8-6/h5-7,13,22H,2-4,8-12H2,1H3,(H2,21,25);1-4H,(H,8,10). The Labute approximate surface area is 216 Å². The Morgan fingerprint density at radius 2 is 1.95 bits per heavy atom. The number of hydrogen-bond donors (Lipinski definition) is 3. The minimum Gasteiger partial charge on any atom is -0.371 e. The van der Waals surface area contributed by atoms with Gasteiger partial charge in [0.15, 0.2) is 0 Å². The van der Waals surface area contributed by atoms with Crippen LogP contribution in [-0.2, 0) is 11.0 Å². The third-order valence-corrected chi connectivity index (χ3v) is 7.99. The molecule has 0 spiro atoms. The number of amides is 1. The third kappa shape index (κ3) is 5.23. The average molecular weight is 522 g/mol. The molecular weight excluding hydrogens is 490 g/mol. The number of hydrogen-bond acceptors (Lipinski definition) is 5. The van der Waals surface area contributed by atoms with Gasteiger partial charge in [0, 0.05) is 74.0 Å². The maximum absolute atomic E-state index is 11.9. The Morgan fingerprint density at radius 1 is 1.14 bits per heavy atom. The van der Waals surface area contributed by atoms with Gasteiger partial charge in [0.05, 0.1) is 22.1 Å². The summed E-state index contributed by atoms with van der Waals surface area (Å²) >= 11 is 0. The summed E-state index contributed by atoms with van der Waals surface area (Å²) in [6.07, 6.45) is 15.0. The lowest BCUT2D eigenvalue weighted by Gasteiger charge is -2.29. The third-order valence-electron chi connectivity index (χ3n) is 6.94. The largest absolute Gasteiger partial charge is 0.371 e. The first-order valence-corrected chi connectivity index (χ1v) is 13.9. The van der Waals surface area contributed by atoms with E-state index in [0.717, 1.165) is 42.7 Å². The first-order chi connectivity index (χ1) is 17.9. The molecule has 0 radical (unpaired) electrons. The van der Waals surface area contributed by atoms with E-state index < -0.39 is 16.9 Å². The number of primary amides is 1. The number of nitrogens with two attached hydrogens (primary N) is 1. The minimum absolute atomic E-state index is 0.160. The highest BCUT2D eigenvalue weighted by Crippen LogP contribution is 2.34. The van der Waals surface area contributed by atoms with Crippen molar-refractivity contribution in [2.24, 2.45) is 5.73 Å². The van der Waals surface area contributed by atoms with Gasteiger partial charge in [-0.15, -0.1) is 0 Å². The Bertz CT molecular complexity index is 1540. The van der Waals surface area contributed by atoms with Crippen molar-refractivity contribution in [1.29, 1.82) is 0 Å². The number of anilines is 1. The van der Waals surface area contributed by atoms with Crippen molar-refractivity contribution in [3.05, 3.63) is 70.7 Å². The topological polar surface area (TPSA) is 133 Å². The molecule has 37 heavy (non-hydrogen) atoms. The van der Waals surface area contributed by atoms with Crippen LogP contribution in [0.3, 0.4) is 0 Å². The molecule has 11 heteroatoms. The van der Waals surface area contributed by atoms with Crippen molar-refractivity contribution < 1.29 is 9.00 Å². The Balaban J connectivity index is 0.000000233. The molecule has 0 bridgehead atoms. The number of rotatable bonds is 4. The van der Waals surface area contributed by atoms with E-state index in [4.69, 9.17) is 5.73 Å². The lowest BCUT2D eigenvalue weighted by Crippen LogP contribution is -2.29. The number of nitrogens with one attached hydrogen (secondary N) is 2. The molecule has 5 heterocycles. The van der Waals surface area contributed by atoms with Gasteiger partial charge in [-0.1, -0.05) is 6.08 Å². The van der Waals surface area contributed by atoms with Crippen molar-refractivity contribution >= 4 is 44.7 Å². The molecule has 0 saturated carbocycles. The monoisotopic (exact) mass is 521 g/mol. The molecular formula is C26H31N7O3S. The van der Waals surface area contributed by atoms with E-state index in [1.165, 1.54) is 30.5 Å². The summed E-state index contributed by atoms with van der Waals surface area (Å²) in [5, 5.41) is 1.06. The molecule has 1 amide bonds. The van der Waals surface area contributed by atoms with Crippen LogP contribution >= 0.6 is 0 Å². The molecule has 10 nitrogen and oxygen atoms in total. The van der Waals surface area contributed by atoms with E-state index in [0.29, 0.717) is 17.8 Å². The molecule has 2 aliphatic heterocycles. The van der Waals surface area contributed by atoms with Crippen molar-refractivity contribution in [2.45, 2.75) is 25.7 Å². The number of aromatic amines is 2. The Hall–Kier alpha value is -3.70. The van der Waals surface area contributed by atoms with Crippen LogP contribution in [0.15, 0.2) is 53.9 Å². The Morgan fingerprint density at radius 3 is 2.62 bits per heavy atom. The van der Waals surface area contributed by atoms with Gasteiger partial charge in [0.2, 0.25) is 5.65 Å². The van der Waals surface area contributed by atoms with E-state index >= 15 is 0 Å². The second kappa shape index (κ2) is 10.7. The van der Waals surface area contributed by atoms with Crippen LogP contribution in [-0.4, -0.2) is 66.2 Å². The molecule has 6 rings (SSSR count). The molecule has 4 aromatic rings. The fourth-order valence-corrected chi connectivity index (χ4v) is 5.62. The summed E-state index contributed by atoms with van der Waals surface area (Å²) in [4.78, 5) is 35.1. The predicted octanol–water partition coefficient (Wildman–Crippen LogP) is 2.66. The fourth-order valence-electron chi connectivity index (χ4n) is 4.99. The molecule has 1 unspecified atom stereocenters. The minimum atomic E-state index is -0.944. The number of imidazole rings is 1. The highest BCUT2D eigenvalue weighted by molar-refractivity contribution is 7.81. The molecule has 194 valence electrons. The molecule has 0 aliphatic carbocycles. The summed E-state index contributed by atoms with van der Waals surface area (Å²) in [6, 6.07) is 6.02. The van der Waals surface area contributed by atoms with E-state index in [9.17, 15) is 13.8 Å². The number of fused-ring (bicyclic) bond motifs is 2. The molecule has 1 fully saturated rings. The molecule has 1 aromatic carbocycles. The van der Waals surface area contributed by atoms with Crippen LogP contribution in [0, 0.1) is 0 Å². The smallest absolute Gasteiger partial charge is 0.291 e. The number of benzene rings is 1. The zero-order valence-electron chi connectivity index (χ0n) is 20.8. The van der Waals surface area contributed by atoms with Crippen LogP contribution in [0.25, 0.3) is 22.1 Å². The number of carbonyl (C=O) groups is 1. The summed E-state index contributed by atoms with van der Waals surface area (Å²) in [5.74, 6) is -0.413. The highest BCUT2D eigenvalue weighted by Gasteiger charge is 2.21. The molecule has 1 saturated heterocycles. The first-order valence-electron chi connectivity index (χ1n) is 12.4. The van der Waals surface area contributed by atoms with E-state index in [1.54, 1.807) is 35.4 Å². The van der Waals surface area contributed by atoms with Crippen LogP contribution in [0.5, 0.6) is 0 Å². The SMILES string of the molecule is CS(=O)N1CC=C(c2cc3c(N4CCCCC4)ccc(C(N)=O)c3[nH]2)CC1.O=c1[nH]ccn2ccnc12. The van der Waals surface area contributed by atoms with Gasteiger partial charge in [-0.3, -0.25) is 9.59 Å². The van der Waals surface area contributed by atoms with Crippen LogP contribution in [0.2, 0.25) is 0 Å². The zero-order chi connectivity index (χ0) is 25.9. The van der Waals surface area contributed by atoms with Crippen LogP contribution in [0.4, 0.5) is 5.69 Å². The van der Waals surface area contributed by atoms with Crippen LogP contribution in [0.1, 0.15) is 41.7 Å². The van der Waals surface area contributed by atoms with Gasteiger partial charge in [-0.25, -0.2) is 13.5 Å². The van der Waals surface area contributed by atoms with Gasteiger partial charge in [-0.2, -0.15) is 0 Å². The summed E-state index contributed by atoms with van der Waals surface area (Å²) < 4.78 is 15.3. The fraction of sp³-hybridized carbons (Fsp3) is 0.346. The second-order valence-electron chi connectivity index (χ2n) is 9.25. The quantitative estimate of drug-likeness (QED) is 0.380. The maximum Gasteiger partial charge on any atom is 0.291 e. The zero-order valence-corrected chi connectivity index (χ0v) is 21.6.